The number of hydrogen-bond donors (Lipinski definition) is 0. The molecule has 21 heavy (non-hydrogen) atoms. The zero-order valence-electron chi connectivity index (χ0n) is 11.8. The topological polar surface area (TPSA) is 69.2 Å². The van der Waals surface area contributed by atoms with Crippen LogP contribution in [0.4, 0.5) is 5.00 Å². The van der Waals surface area contributed by atoms with E-state index in [0.29, 0.717) is 16.3 Å². The highest BCUT2D eigenvalue weighted by Crippen LogP contribution is 2.34. The number of aryl methyl sites for hydroxylation is 1. The van der Waals surface area contributed by atoms with Crippen molar-refractivity contribution in [3.05, 3.63) is 45.8 Å². The van der Waals surface area contributed by atoms with E-state index in [0.717, 1.165) is 16.0 Å². The lowest BCUT2D eigenvalue weighted by atomic mass is 10.2. The van der Waals surface area contributed by atoms with Crippen LogP contribution in [0.3, 0.4) is 0 Å². The van der Waals surface area contributed by atoms with Crippen LogP contribution >= 0.6 is 11.3 Å². The molecule has 104 valence electrons. The number of hydrogen-bond acceptors (Lipinski definition) is 5. The smallest absolute Gasteiger partial charge is 0.174 e. The van der Waals surface area contributed by atoms with Gasteiger partial charge < -0.3 is 4.74 Å². The molecule has 0 aliphatic carbocycles. The van der Waals surface area contributed by atoms with Crippen molar-refractivity contribution in [1.82, 2.24) is 0 Å². The Morgan fingerprint density at radius 1 is 1.29 bits per heavy atom. The summed E-state index contributed by atoms with van der Waals surface area (Å²) in [5.74, 6) is 0.603. The highest BCUT2D eigenvalue weighted by molar-refractivity contribution is 7.16. The number of ether oxygens (including phenoxy) is 1. The van der Waals surface area contributed by atoms with E-state index in [1.165, 1.54) is 11.3 Å². The summed E-state index contributed by atoms with van der Waals surface area (Å²) in [6.45, 7) is 3.89. The molecular formula is C16H13N3OS. The number of nitriles is 2. The summed E-state index contributed by atoms with van der Waals surface area (Å²) in [6.07, 6.45) is 1.66. The maximum atomic E-state index is 9.20. The first-order valence-electron chi connectivity index (χ1n) is 6.30. The van der Waals surface area contributed by atoms with Crippen LogP contribution in [0.25, 0.3) is 0 Å². The van der Waals surface area contributed by atoms with Gasteiger partial charge in [0, 0.05) is 16.7 Å². The van der Waals surface area contributed by atoms with Gasteiger partial charge in [-0.15, -0.1) is 11.3 Å². The third-order valence-electron chi connectivity index (χ3n) is 3.01. The van der Waals surface area contributed by atoms with Crippen LogP contribution in [0.1, 0.15) is 21.6 Å². The van der Waals surface area contributed by atoms with Gasteiger partial charge in [-0.1, -0.05) is 12.1 Å². The molecule has 1 aromatic carbocycles. The van der Waals surface area contributed by atoms with Crippen LogP contribution in [-0.4, -0.2) is 12.8 Å². The van der Waals surface area contributed by atoms with E-state index in [1.54, 1.807) is 12.3 Å². The first-order valence-corrected chi connectivity index (χ1v) is 7.12. The van der Waals surface area contributed by atoms with Gasteiger partial charge >= 0.3 is 0 Å². The van der Waals surface area contributed by atoms with Crippen LogP contribution in [0.15, 0.2) is 29.3 Å². The average molecular weight is 295 g/mol. The molecule has 0 unspecified atom stereocenters. The van der Waals surface area contributed by atoms with Crippen molar-refractivity contribution in [2.24, 2.45) is 4.99 Å². The number of rotatable bonds is 4. The monoisotopic (exact) mass is 295 g/mol. The summed E-state index contributed by atoms with van der Waals surface area (Å²) in [5.41, 5.74) is 2.37. The van der Waals surface area contributed by atoms with Crippen LogP contribution in [-0.2, 0) is 0 Å². The predicted octanol–water partition coefficient (Wildman–Crippen LogP) is 3.89. The Kier molecular flexibility index (Phi) is 4.71. The lowest BCUT2D eigenvalue weighted by Gasteiger charge is -2.04. The van der Waals surface area contributed by atoms with Crippen molar-refractivity contribution in [3.8, 4) is 17.9 Å². The first-order chi connectivity index (χ1) is 10.2. The Bertz CT molecular complexity index is 763. The molecule has 0 bridgehead atoms. The van der Waals surface area contributed by atoms with Crippen LogP contribution < -0.4 is 4.74 Å². The van der Waals surface area contributed by atoms with Crippen molar-refractivity contribution < 1.29 is 4.74 Å². The van der Waals surface area contributed by atoms with E-state index in [1.807, 2.05) is 38.1 Å². The molecule has 0 amide bonds. The fourth-order valence-corrected chi connectivity index (χ4v) is 2.74. The van der Waals surface area contributed by atoms with Gasteiger partial charge in [-0.2, -0.15) is 10.5 Å². The first kappa shape index (κ1) is 14.8. The van der Waals surface area contributed by atoms with E-state index in [-0.39, 0.29) is 6.61 Å². The maximum absolute atomic E-state index is 9.20. The average Bonchev–Trinajstić information content (AvgIpc) is 2.78. The molecule has 0 spiro atoms. The Morgan fingerprint density at radius 3 is 2.76 bits per heavy atom. The molecule has 0 atom stereocenters. The van der Waals surface area contributed by atoms with Crippen molar-refractivity contribution >= 4 is 22.6 Å². The lowest BCUT2D eigenvalue weighted by molar-refractivity contribution is 0.367. The van der Waals surface area contributed by atoms with Gasteiger partial charge in [-0.3, -0.25) is 0 Å². The van der Waals surface area contributed by atoms with Crippen LogP contribution in [0.2, 0.25) is 0 Å². The Morgan fingerprint density at radius 2 is 2.05 bits per heavy atom. The van der Waals surface area contributed by atoms with Gasteiger partial charge in [0.2, 0.25) is 0 Å². The third kappa shape index (κ3) is 3.28. The minimum Gasteiger partial charge on any atom is -0.478 e. The van der Waals surface area contributed by atoms with Gasteiger partial charge in [0.05, 0.1) is 5.56 Å². The van der Waals surface area contributed by atoms with E-state index in [4.69, 9.17) is 10.00 Å². The Hall–Kier alpha value is -2.63. The van der Waals surface area contributed by atoms with Crippen LogP contribution in [0.5, 0.6) is 5.75 Å². The third-order valence-corrected chi connectivity index (χ3v) is 4.13. The largest absolute Gasteiger partial charge is 0.478 e. The van der Waals surface area contributed by atoms with Crippen LogP contribution in [0, 0.1) is 36.5 Å². The summed E-state index contributed by atoms with van der Waals surface area (Å²) in [7, 11) is 0. The lowest BCUT2D eigenvalue weighted by Crippen LogP contribution is -1.96. The predicted molar refractivity (Wildman–Crippen MR) is 83.3 cm³/mol. The Labute approximate surface area is 127 Å². The summed E-state index contributed by atoms with van der Waals surface area (Å²) in [4.78, 5) is 5.50. The van der Waals surface area contributed by atoms with Crippen molar-refractivity contribution in [1.29, 1.82) is 10.5 Å². The molecule has 0 saturated heterocycles. The van der Waals surface area contributed by atoms with Gasteiger partial charge in [0.1, 0.15) is 22.9 Å². The quantitative estimate of drug-likeness (QED) is 0.803. The van der Waals surface area contributed by atoms with Crippen molar-refractivity contribution in [3.63, 3.8) is 0 Å². The molecule has 2 rings (SSSR count). The number of benzene rings is 1. The van der Waals surface area contributed by atoms with Gasteiger partial charge in [0.15, 0.2) is 6.61 Å². The summed E-state index contributed by atoms with van der Waals surface area (Å²) >= 11 is 1.49. The van der Waals surface area contributed by atoms with E-state index in [2.05, 4.69) is 11.1 Å². The number of aliphatic imine (C=N–C) groups is 1. The zero-order chi connectivity index (χ0) is 15.2. The SMILES string of the molecule is Cc1sc(N=Cc2ccccc2OCC#N)c(C#N)c1C. The minimum atomic E-state index is -0.00842. The molecule has 0 radical (unpaired) electrons. The molecule has 1 heterocycles. The van der Waals surface area contributed by atoms with Crippen molar-refractivity contribution in [2.75, 3.05) is 6.61 Å². The molecule has 0 aliphatic rings. The molecule has 0 saturated carbocycles. The normalized spacial score (nSPS) is 10.3. The molecule has 4 nitrogen and oxygen atoms in total. The molecule has 1 aromatic heterocycles. The van der Waals surface area contributed by atoms with Gasteiger partial charge in [-0.05, 0) is 31.5 Å². The second kappa shape index (κ2) is 6.69. The van der Waals surface area contributed by atoms with Gasteiger partial charge in [0.25, 0.3) is 0 Å². The molecule has 5 heteroatoms. The summed E-state index contributed by atoms with van der Waals surface area (Å²) in [6, 6.07) is 11.5. The standard InChI is InChI=1S/C16H13N3OS/c1-11-12(2)21-16(14(11)9-18)19-10-13-5-3-4-6-15(13)20-8-7-17/h3-6,10H,8H2,1-2H3. The van der Waals surface area contributed by atoms with Gasteiger partial charge in [-0.25, -0.2) is 4.99 Å². The van der Waals surface area contributed by atoms with E-state index >= 15 is 0 Å². The number of nitrogens with zero attached hydrogens (tertiary/aromatic N) is 3. The fourth-order valence-electron chi connectivity index (χ4n) is 1.79. The number of para-hydroxylation sites is 1. The number of thiophene rings is 1. The molecule has 2 aromatic rings. The van der Waals surface area contributed by atoms with Crippen molar-refractivity contribution in [2.45, 2.75) is 13.8 Å². The summed E-state index contributed by atoms with van der Waals surface area (Å²) < 4.78 is 5.35. The van der Waals surface area contributed by atoms with E-state index < -0.39 is 0 Å². The van der Waals surface area contributed by atoms with E-state index in [9.17, 15) is 5.26 Å². The second-order valence-corrected chi connectivity index (χ2v) is 5.52. The zero-order valence-corrected chi connectivity index (χ0v) is 12.6. The molecule has 0 aliphatic heterocycles. The second-order valence-electron chi connectivity index (χ2n) is 4.32. The highest BCUT2D eigenvalue weighted by Gasteiger charge is 2.11. The minimum absolute atomic E-state index is 0.00842. The molecule has 0 N–H and O–H groups in total. The Balaban J connectivity index is 2.33. The maximum Gasteiger partial charge on any atom is 0.174 e. The summed E-state index contributed by atoms with van der Waals surface area (Å²) in [5, 5.41) is 18.5. The molecular weight excluding hydrogens is 282 g/mol. The highest BCUT2D eigenvalue weighted by atomic mass is 32.1. The molecule has 0 fully saturated rings. The fraction of sp³-hybridized carbons (Fsp3) is 0.188.